The van der Waals surface area contributed by atoms with Crippen LogP contribution in [0, 0.1) is 0 Å². The van der Waals surface area contributed by atoms with Gasteiger partial charge in [-0.05, 0) is 13.8 Å². The molecule has 10 nitrogen and oxygen atoms in total. The highest BCUT2D eigenvalue weighted by atomic mass is 32.1. The molecule has 7 N–H and O–H groups in total. The third kappa shape index (κ3) is 7.81. The number of carboxylic acids is 1. The molecule has 0 heterocycles. The van der Waals surface area contributed by atoms with Gasteiger partial charge in [0, 0.05) is 5.75 Å². The predicted octanol–water partition coefficient (Wildman–Crippen LogP) is -3.19. The monoisotopic (exact) mass is 350 g/mol. The van der Waals surface area contributed by atoms with Crippen LogP contribution in [0.4, 0.5) is 0 Å². The number of hydrogen-bond acceptors (Lipinski definition) is 7. The maximum Gasteiger partial charge on any atom is 0.322 e. The Morgan fingerprint density at radius 3 is 2.09 bits per heavy atom. The van der Waals surface area contributed by atoms with Crippen LogP contribution in [0.15, 0.2) is 0 Å². The van der Waals surface area contributed by atoms with Crippen LogP contribution in [-0.4, -0.2) is 70.4 Å². The summed E-state index contributed by atoms with van der Waals surface area (Å²) in [5, 5.41) is 24.7. The van der Waals surface area contributed by atoms with Crippen LogP contribution in [0.2, 0.25) is 0 Å². The SMILES string of the molecule is CC(NC(=O)C(N)CS)C(=O)NC(C(=O)NCC(=O)O)C(C)O. The lowest BCUT2D eigenvalue weighted by molar-refractivity contribution is -0.139. The van der Waals surface area contributed by atoms with Gasteiger partial charge >= 0.3 is 5.97 Å². The summed E-state index contributed by atoms with van der Waals surface area (Å²) in [6, 6.07) is -3.26. The summed E-state index contributed by atoms with van der Waals surface area (Å²) in [4.78, 5) is 45.7. The Morgan fingerprint density at radius 2 is 1.65 bits per heavy atom. The molecule has 0 aliphatic rings. The van der Waals surface area contributed by atoms with E-state index in [4.69, 9.17) is 10.8 Å². The van der Waals surface area contributed by atoms with Crippen molar-refractivity contribution in [2.45, 2.75) is 38.1 Å². The van der Waals surface area contributed by atoms with Crippen molar-refractivity contribution >= 4 is 36.3 Å². The molecule has 23 heavy (non-hydrogen) atoms. The topological polar surface area (TPSA) is 171 Å². The van der Waals surface area contributed by atoms with Crippen LogP contribution in [-0.2, 0) is 19.2 Å². The van der Waals surface area contributed by atoms with E-state index in [9.17, 15) is 24.3 Å². The van der Waals surface area contributed by atoms with E-state index >= 15 is 0 Å². The van der Waals surface area contributed by atoms with Gasteiger partial charge in [-0.3, -0.25) is 19.2 Å². The summed E-state index contributed by atoms with van der Waals surface area (Å²) >= 11 is 3.86. The van der Waals surface area contributed by atoms with Crippen molar-refractivity contribution in [2.24, 2.45) is 5.73 Å². The molecule has 0 spiro atoms. The summed E-state index contributed by atoms with van der Waals surface area (Å²) in [6.45, 7) is 1.97. The van der Waals surface area contributed by atoms with Gasteiger partial charge in [-0.15, -0.1) is 0 Å². The van der Waals surface area contributed by atoms with E-state index in [1.807, 2.05) is 5.32 Å². The third-order valence-corrected chi connectivity index (χ3v) is 3.16. The second kappa shape index (κ2) is 10.0. The van der Waals surface area contributed by atoms with Crippen molar-refractivity contribution in [2.75, 3.05) is 12.3 Å². The van der Waals surface area contributed by atoms with E-state index in [2.05, 4.69) is 23.3 Å². The Balaban J connectivity index is 4.69. The van der Waals surface area contributed by atoms with Crippen molar-refractivity contribution < 1.29 is 29.4 Å². The van der Waals surface area contributed by atoms with Crippen LogP contribution >= 0.6 is 12.6 Å². The number of carbonyl (C=O) groups is 4. The van der Waals surface area contributed by atoms with Crippen LogP contribution in [0.25, 0.3) is 0 Å². The smallest absolute Gasteiger partial charge is 0.322 e. The molecular formula is C12H22N4O6S. The number of nitrogens with two attached hydrogens (primary N) is 1. The molecule has 4 unspecified atom stereocenters. The van der Waals surface area contributed by atoms with Crippen LogP contribution in [0.3, 0.4) is 0 Å². The number of nitrogens with one attached hydrogen (secondary N) is 3. The number of rotatable bonds is 9. The highest BCUT2D eigenvalue weighted by molar-refractivity contribution is 7.80. The van der Waals surface area contributed by atoms with Crippen molar-refractivity contribution in [3.05, 3.63) is 0 Å². The molecule has 0 aliphatic carbocycles. The van der Waals surface area contributed by atoms with Crippen molar-refractivity contribution in [3.63, 3.8) is 0 Å². The number of carboxylic acid groups (broad SMARTS) is 1. The lowest BCUT2D eigenvalue weighted by Crippen LogP contribution is -2.58. The maximum atomic E-state index is 12.0. The number of hydrogen-bond donors (Lipinski definition) is 7. The maximum absolute atomic E-state index is 12.0. The minimum Gasteiger partial charge on any atom is -0.480 e. The second-order valence-corrected chi connectivity index (χ2v) is 5.22. The Kier molecular flexibility index (Phi) is 9.22. The Bertz CT molecular complexity index is 459. The number of amides is 3. The summed E-state index contributed by atoms with van der Waals surface area (Å²) < 4.78 is 0. The van der Waals surface area contributed by atoms with Gasteiger partial charge in [0.15, 0.2) is 0 Å². The molecule has 0 saturated heterocycles. The molecule has 0 radical (unpaired) electrons. The van der Waals surface area contributed by atoms with E-state index in [0.717, 1.165) is 0 Å². The zero-order valence-corrected chi connectivity index (χ0v) is 13.7. The highest BCUT2D eigenvalue weighted by Gasteiger charge is 2.28. The number of aliphatic carboxylic acids is 1. The molecule has 11 heteroatoms. The standard InChI is InChI=1S/C12H22N4O6S/c1-5(15-11(21)7(13)4-23)10(20)16-9(6(2)17)12(22)14-3-8(18)19/h5-7,9,17,23H,3-4,13H2,1-2H3,(H,14,22)(H,15,21)(H,16,20)(H,18,19). The zero-order valence-electron chi connectivity index (χ0n) is 12.8. The molecule has 0 aromatic rings. The predicted molar refractivity (Wildman–Crippen MR) is 83.7 cm³/mol. The van der Waals surface area contributed by atoms with Crippen LogP contribution in [0.1, 0.15) is 13.8 Å². The number of thiol groups is 1. The van der Waals surface area contributed by atoms with Gasteiger partial charge in [-0.2, -0.15) is 12.6 Å². The average molecular weight is 350 g/mol. The summed E-state index contributed by atoms with van der Waals surface area (Å²) in [5.74, 6) is -3.36. The Labute approximate surface area is 138 Å². The number of aliphatic hydroxyl groups is 1. The molecule has 0 aromatic heterocycles. The zero-order chi connectivity index (χ0) is 18.2. The Hall–Kier alpha value is -1.85. The molecule has 3 amide bonds. The van der Waals surface area contributed by atoms with E-state index in [-0.39, 0.29) is 5.75 Å². The van der Waals surface area contributed by atoms with Crippen LogP contribution < -0.4 is 21.7 Å². The minimum absolute atomic E-state index is 0.0913. The number of carbonyl (C=O) groups excluding carboxylic acids is 3. The van der Waals surface area contributed by atoms with E-state index in [0.29, 0.717) is 0 Å². The molecule has 4 atom stereocenters. The van der Waals surface area contributed by atoms with Crippen molar-refractivity contribution in [3.8, 4) is 0 Å². The summed E-state index contributed by atoms with van der Waals surface area (Å²) in [6.07, 6.45) is -1.27. The van der Waals surface area contributed by atoms with E-state index in [1.54, 1.807) is 0 Å². The first kappa shape index (κ1) is 21.1. The fourth-order valence-corrected chi connectivity index (χ4v) is 1.59. The Morgan fingerprint density at radius 1 is 1.09 bits per heavy atom. The van der Waals surface area contributed by atoms with Gasteiger partial charge in [0.25, 0.3) is 0 Å². The molecule has 0 fully saturated rings. The van der Waals surface area contributed by atoms with E-state index < -0.39 is 54.5 Å². The normalized spacial score (nSPS) is 15.7. The third-order valence-electron chi connectivity index (χ3n) is 2.76. The molecule has 132 valence electrons. The van der Waals surface area contributed by atoms with Crippen LogP contribution in [0.5, 0.6) is 0 Å². The number of aliphatic hydroxyl groups excluding tert-OH is 1. The molecular weight excluding hydrogens is 328 g/mol. The molecule has 0 saturated carbocycles. The first-order valence-electron chi connectivity index (χ1n) is 6.74. The van der Waals surface area contributed by atoms with Gasteiger partial charge in [-0.1, -0.05) is 0 Å². The second-order valence-electron chi connectivity index (χ2n) is 4.86. The van der Waals surface area contributed by atoms with Gasteiger partial charge < -0.3 is 31.9 Å². The molecule has 0 aromatic carbocycles. The van der Waals surface area contributed by atoms with Gasteiger partial charge in [0.05, 0.1) is 12.1 Å². The van der Waals surface area contributed by atoms with E-state index in [1.165, 1.54) is 13.8 Å². The lowest BCUT2D eigenvalue weighted by atomic mass is 10.1. The first-order valence-corrected chi connectivity index (χ1v) is 7.38. The molecule has 0 bridgehead atoms. The molecule has 0 aliphatic heterocycles. The summed E-state index contributed by atoms with van der Waals surface area (Å²) in [5.41, 5.74) is 5.45. The van der Waals surface area contributed by atoms with Gasteiger partial charge in [-0.25, -0.2) is 0 Å². The molecule has 0 rings (SSSR count). The quantitative estimate of drug-likeness (QED) is 0.215. The fourth-order valence-electron chi connectivity index (χ4n) is 1.43. The van der Waals surface area contributed by atoms with Crippen molar-refractivity contribution in [1.82, 2.24) is 16.0 Å². The average Bonchev–Trinajstić information content (AvgIpc) is 2.48. The van der Waals surface area contributed by atoms with Gasteiger partial charge in [0.1, 0.15) is 18.6 Å². The van der Waals surface area contributed by atoms with Gasteiger partial charge in [0.2, 0.25) is 17.7 Å². The summed E-state index contributed by atoms with van der Waals surface area (Å²) in [7, 11) is 0. The lowest BCUT2D eigenvalue weighted by Gasteiger charge is -2.23. The minimum atomic E-state index is -1.36. The first-order chi connectivity index (χ1) is 10.6. The fraction of sp³-hybridized carbons (Fsp3) is 0.667. The van der Waals surface area contributed by atoms with Crippen molar-refractivity contribution in [1.29, 1.82) is 0 Å². The highest BCUT2D eigenvalue weighted by Crippen LogP contribution is 1.96. The largest absolute Gasteiger partial charge is 0.480 e.